The maximum Gasteiger partial charge on any atom is 0.0689 e. The SMILES string of the molecule is CC(C)C1CCC(C)(C#N)C(C)C1.CC(C)C1CCC(C)C(O)C1. The smallest absolute Gasteiger partial charge is 0.0689 e. The molecule has 1 N–H and O–H groups in total. The first-order chi connectivity index (χ1) is 11.1. The summed E-state index contributed by atoms with van der Waals surface area (Å²) in [6.07, 6.45) is 7.09. The lowest BCUT2D eigenvalue weighted by molar-refractivity contribution is 0.0410. The molecule has 6 atom stereocenters. The summed E-state index contributed by atoms with van der Waals surface area (Å²) < 4.78 is 0. The predicted octanol–water partition coefficient (Wildman–Crippen LogP) is 6.05. The first-order valence-corrected chi connectivity index (χ1v) is 10.2. The molecular weight excluding hydrogens is 294 g/mol. The van der Waals surface area contributed by atoms with Gasteiger partial charge in [0.1, 0.15) is 0 Å². The van der Waals surface area contributed by atoms with Crippen LogP contribution in [0.5, 0.6) is 0 Å². The summed E-state index contributed by atoms with van der Waals surface area (Å²) in [6.45, 7) is 15.6. The number of hydrogen-bond donors (Lipinski definition) is 1. The van der Waals surface area contributed by atoms with E-state index in [-0.39, 0.29) is 11.5 Å². The molecule has 2 rings (SSSR count). The largest absolute Gasteiger partial charge is 0.393 e. The van der Waals surface area contributed by atoms with Crippen molar-refractivity contribution in [3.63, 3.8) is 0 Å². The molecule has 2 aliphatic carbocycles. The van der Waals surface area contributed by atoms with Gasteiger partial charge in [0.25, 0.3) is 0 Å². The quantitative estimate of drug-likeness (QED) is 0.667. The Hall–Kier alpha value is -0.550. The van der Waals surface area contributed by atoms with Gasteiger partial charge in [0.15, 0.2) is 0 Å². The van der Waals surface area contributed by atoms with Gasteiger partial charge in [-0.25, -0.2) is 0 Å². The van der Waals surface area contributed by atoms with Crippen molar-refractivity contribution in [2.45, 2.75) is 93.1 Å². The number of aliphatic hydroxyl groups is 1. The number of aliphatic hydroxyl groups excluding tert-OH is 1. The fourth-order valence-corrected chi connectivity index (χ4v) is 4.27. The number of nitriles is 1. The summed E-state index contributed by atoms with van der Waals surface area (Å²) >= 11 is 0. The van der Waals surface area contributed by atoms with Crippen molar-refractivity contribution < 1.29 is 5.11 Å². The molecule has 0 bridgehead atoms. The van der Waals surface area contributed by atoms with Crippen molar-refractivity contribution in [3.8, 4) is 6.07 Å². The van der Waals surface area contributed by atoms with Crippen LogP contribution >= 0.6 is 0 Å². The van der Waals surface area contributed by atoms with E-state index >= 15 is 0 Å². The Labute approximate surface area is 151 Å². The van der Waals surface area contributed by atoms with Crippen molar-refractivity contribution >= 4 is 0 Å². The zero-order chi connectivity index (χ0) is 18.5. The van der Waals surface area contributed by atoms with Gasteiger partial charge in [0.05, 0.1) is 17.6 Å². The maximum absolute atomic E-state index is 9.60. The van der Waals surface area contributed by atoms with Gasteiger partial charge in [0, 0.05) is 0 Å². The van der Waals surface area contributed by atoms with Crippen LogP contribution in [0.25, 0.3) is 0 Å². The molecule has 0 saturated heterocycles. The zero-order valence-electron chi connectivity index (χ0n) is 17.2. The molecule has 2 saturated carbocycles. The third-order valence-electron chi connectivity index (χ3n) is 7.11. The number of hydrogen-bond acceptors (Lipinski definition) is 2. The Kier molecular flexibility index (Phi) is 8.27. The summed E-state index contributed by atoms with van der Waals surface area (Å²) in [4.78, 5) is 0. The standard InChI is InChI=1S/C12H21N.C10H20O/c1-9(2)11-5-6-12(4,8-13)10(3)7-11;1-7(2)9-5-4-8(3)10(11)6-9/h9-11H,5-7H2,1-4H3;7-11H,4-6H2,1-3H3. The Morgan fingerprint density at radius 1 is 0.958 bits per heavy atom. The molecule has 0 aromatic carbocycles. The second-order valence-corrected chi connectivity index (χ2v) is 9.57. The maximum atomic E-state index is 9.60. The Morgan fingerprint density at radius 3 is 1.92 bits per heavy atom. The second kappa shape index (κ2) is 9.23. The molecule has 0 spiro atoms. The lowest BCUT2D eigenvalue weighted by atomic mass is 9.64. The molecule has 2 heteroatoms. The fourth-order valence-electron chi connectivity index (χ4n) is 4.27. The summed E-state index contributed by atoms with van der Waals surface area (Å²) in [5.41, 5.74) is -0.0502. The van der Waals surface area contributed by atoms with Crippen molar-refractivity contribution in [1.29, 1.82) is 5.26 Å². The van der Waals surface area contributed by atoms with Gasteiger partial charge >= 0.3 is 0 Å². The van der Waals surface area contributed by atoms with E-state index in [1.54, 1.807) is 0 Å². The van der Waals surface area contributed by atoms with Crippen LogP contribution in [-0.4, -0.2) is 11.2 Å². The average molecular weight is 336 g/mol. The molecule has 0 aromatic rings. The molecule has 140 valence electrons. The second-order valence-electron chi connectivity index (χ2n) is 9.57. The highest BCUT2D eigenvalue weighted by atomic mass is 16.3. The molecule has 0 aromatic heterocycles. The van der Waals surface area contributed by atoms with Crippen molar-refractivity contribution in [2.75, 3.05) is 0 Å². The topological polar surface area (TPSA) is 44.0 Å². The van der Waals surface area contributed by atoms with E-state index in [9.17, 15) is 5.11 Å². The summed E-state index contributed by atoms with van der Waals surface area (Å²) in [6, 6.07) is 2.49. The van der Waals surface area contributed by atoms with Crippen molar-refractivity contribution in [1.82, 2.24) is 0 Å². The molecule has 24 heavy (non-hydrogen) atoms. The van der Waals surface area contributed by atoms with E-state index in [1.165, 1.54) is 25.7 Å². The van der Waals surface area contributed by atoms with Gasteiger partial charge < -0.3 is 5.11 Å². The average Bonchev–Trinajstić information content (AvgIpc) is 2.53. The third kappa shape index (κ3) is 5.76. The van der Waals surface area contributed by atoms with Crippen LogP contribution in [0.2, 0.25) is 0 Å². The third-order valence-corrected chi connectivity index (χ3v) is 7.11. The Bertz CT molecular complexity index is 411. The Balaban J connectivity index is 0.000000243. The van der Waals surface area contributed by atoms with Crippen molar-refractivity contribution in [3.05, 3.63) is 0 Å². The number of nitrogens with zero attached hydrogens (tertiary/aromatic N) is 1. The van der Waals surface area contributed by atoms with Crippen LogP contribution in [0.15, 0.2) is 0 Å². The molecule has 0 aliphatic heterocycles. The molecule has 2 aliphatic rings. The van der Waals surface area contributed by atoms with E-state index in [0.29, 0.717) is 11.8 Å². The minimum absolute atomic E-state index is 0.0313. The lowest BCUT2D eigenvalue weighted by Crippen LogP contribution is -2.32. The van der Waals surface area contributed by atoms with Gasteiger partial charge in [-0.2, -0.15) is 5.26 Å². The highest BCUT2D eigenvalue weighted by molar-refractivity contribution is 5.02. The molecular formula is C22H41NO. The zero-order valence-corrected chi connectivity index (χ0v) is 17.2. The molecule has 0 amide bonds. The predicted molar refractivity (Wildman–Crippen MR) is 102 cm³/mol. The van der Waals surface area contributed by atoms with E-state index < -0.39 is 0 Å². The summed E-state index contributed by atoms with van der Waals surface area (Å²) in [5.74, 6) is 4.24. The highest BCUT2D eigenvalue weighted by Gasteiger charge is 2.38. The highest BCUT2D eigenvalue weighted by Crippen LogP contribution is 2.44. The fraction of sp³-hybridized carbons (Fsp3) is 0.955. The van der Waals surface area contributed by atoms with Gasteiger partial charge in [0.2, 0.25) is 0 Å². The van der Waals surface area contributed by atoms with Crippen LogP contribution in [0.3, 0.4) is 0 Å². The van der Waals surface area contributed by atoms with Gasteiger partial charge in [-0.1, -0.05) is 41.5 Å². The van der Waals surface area contributed by atoms with Gasteiger partial charge in [-0.05, 0) is 81.0 Å². The minimum Gasteiger partial charge on any atom is -0.393 e. The van der Waals surface area contributed by atoms with Crippen LogP contribution in [0, 0.1) is 52.3 Å². The van der Waals surface area contributed by atoms with Crippen LogP contribution in [0.4, 0.5) is 0 Å². The van der Waals surface area contributed by atoms with Crippen LogP contribution < -0.4 is 0 Å². The molecule has 2 nitrogen and oxygen atoms in total. The normalized spacial score (nSPS) is 40.0. The first-order valence-electron chi connectivity index (χ1n) is 10.2. The number of rotatable bonds is 2. The minimum atomic E-state index is -0.0502. The Morgan fingerprint density at radius 2 is 1.50 bits per heavy atom. The summed E-state index contributed by atoms with van der Waals surface area (Å²) in [5, 5.41) is 18.7. The molecule has 0 radical (unpaired) electrons. The van der Waals surface area contributed by atoms with E-state index in [1.807, 2.05) is 0 Å². The molecule has 2 fully saturated rings. The van der Waals surface area contributed by atoms with E-state index in [2.05, 4.69) is 54.5 Å². The van der Waals surface area contributed by atoms with Crippen LogP contribution in [0.1, 0.15) is 87.0 Å². The molecule has 0 heterocycles. The van der Waals surface area contributed by atoms with E-state index in [4.69, 9.17) is 5.26 Å². The van der Waals surface area contributed by atoms with E-state index in [0.717, 1.165) is 36.5 Å². The van der Waals surface area contributed by atoms with Gasteiger partial charge in [-0.15, -0.1) is 0 Å². The monoisotopic (exact) mass is 335 g/mol. The molecule has 6 unspecified atom stereocenters. The first kappa shape index (κ1) is 21.5. The van der Waals surface area contributed by atoms with Crippen LogP contribution in [-0.2, 0) is 0 Å². The summed E-state index contributed by atoms with van der Waals surface area (Å²) in [7, 11) is 0. The lowest BCUT2D eigenvalue weighted by Gasteiger charge is -2.39. The van der Waals surface area contributed by atoms with Crippen molar-refractivity contribution in [2.24, 2.45) is 40.9 Å². The van der Waals surface area contributed by atoms with Gasteiger partial charge in [-0.3, -0.25) is 0 Å².